The van der Waals surface area contributed by atoms with E-state index < -0.39 is 12.0 Å². The molecule has 0 aliphatic heterocycles. The molecule has 3 aromatic rings. The second kappa shape index (κ2) is 11.1. The molecule has 0 bridgehead atoms. The zero-order valence-electron chi connectivity index (χ0n) is 15.6. The molecule has 1 amide bonds. The standard InChI is InChI=1S/C22H17ClI2N2O3/c23-17-8-6-14(7-9-17)13-30-21-18(24)10-15(11-19(21)25)12-26-27-22(29)20(28)16-4-2-1-3-5-16/h1-12,20,28H,13H2,(H,27,29)/b26-12-/t20-/m0/s1. The number of aliphatic hydroxyl groups excluding tert-OH is 1. The van der Waals surface area contributed by atoms with Crippen LogP contribution in [0.4, 0.5) is 0 Å². The van der Waals surface area contributed by atoms with Crippen molar-refractivity contribution in [3.8, 4) is 5.75 Å². The molecule has 8 heteroatoms. The van der Waals surface area contributed by atoms with Gasteiger partial charge in [-0.2, -0.15) is 5.10 Å². The van der Waals surface area contributed by atoms with Crippen molar-refractivity contribution in [2.24, 2.45) is 5.10 Å². The summed E-state index contributed by atoms with van der Waals surface area (Å²) in [6.45, 7) is 0.435. The number of nitrogens with zero attached hydrogens (tertiary/aromatic N) is 1. The summed E-state index contributed by atoms with van der Waals surface area (Å²) >= 11 is 10.3. The number of hydrazone groups is 1. The third kappa shape index (κ3) is 6.40. The van der Waals surface area contributed by atoms with E-state index >= 15 is 0 Å². The van der Waals surface area contributed by atoms with E-state index in [-0.39, 0.29) is 0 Å². The number of ether oxygens (including phenoxy) is 1. The number of hydrogen-bond donors (Lipinski definition) is 2. The van der Waals surface area contributed by atoms with Crippen LogP contribution in [0.5, 0.6) is 5.75 Å². The van der Waals surface area contributed by atoms with Gasteiger partial charge in [-0.05, 0) is 86.1 Å². The molecular formula is C22H17ClI2N2O3. The molecule has 0 heterocycles. The summed E-state index contributed by atoms with van der Waals surface area (Å²) in [7, 11) is 0. The number of nitrogens with one attached hydrogen (secondary N) is 1. The van der Waals surface area contributed by atoms with E-state index in [2.05, 4.69) is 55.7 Å². The Kier molecular flexibility index (Phi) is 8.49. The maximum Gasteiger partial charge on any atom is 0.273 e. The number of carbonyl (C=O) groups is 1. The number of rotatable bonds is 7. The van der Waals surface area contributed by atoms with Gasteiger partial charge < -0.3 is 9.84 Å². The molecule has 1 atom stereocenters. The summed E-state index contributed by atoms with van der Waals surface area (Å²) < 4.78 is 7.81. The smallest absolute Gasteiger partial charge is 0.273 e. The first-order chi connectivity index (χ1) is 14.4. The molecule has 0 fully saturated rings. The highest BCUT2D eigenvalue weighted by Gasteiger charge is 2.16. The molecule has 3 rings (SSSR count). The molecule has 0 radical (unpaired) electrons. The molecule has 0 aromatic heterocycles. The zero-order chi connectivity index (χ0) is 21.5. The molecule has 5 nitrogen and oxygen atoms in total. The van der Waals surface area contributed by atoms with Crippen molar-refractivity contribution in [2.75, 3.05) is 0 Å². The molecule has 154 valence electrons. The van der Waals surface area contributed by atoms with Gasteiger partial charge in [-0.15, -0.1) is 0 Å². The van der Waals surface area contributed by atoms with Crippen LogP contribution in [-0.2, 0) is 11.4 Å². The first kappa shape index (κ1) is 23.0. The molecule has 0 saturated heterocycles. The quantitative estimate of drug-likeness (QED) is 0.208. The van der Waals surface area contributed by atoms with Gasteiger partial charge in [0.1, 0.15) is 12.4 Å². The monoisotopic (exact) mass is 646 g/mol. The van der Waals surface area contributed by atoms with Crippen LogP contribution in [0.25, 0.3) is 0 Å². The van der Waals surface area contributed by atoms with Crippen molar-refractivity contribution in [3.63, 3.8) is 0 Å². The second-order valence-corrected chi connectivity index (χ2v) is 9.04. The molecule has 0 aliphatic carbocycles. The molecule has 0 spiro atoms. The number of hydrogen-bond acceptors (Lipinski definition) is 4. The van der Waals surface area contributed by atoms with Gasteiger partial charge in [0.05, 0.1) is 13.4 Å². The highest BCUT2D eigenvalue weighted by Crippen LogP contribution is 2.29. The molecule has 0 saturated carbocycles. The fraction of sp³-hybridized carbons (Fsp3) is 0.0909. The van der Waals surface area contributed by atoms with Crippen LogP contribution >= 0.6 is 56.8 Å². The fourth-order valence-corrected chi connectivity index (χ4v) is 4.80. The van der Waals surface area contributed by atoms with Crippen molar-refractivity contribution in [1.82, 2.24) is 5.43 Å². The Hall–Kier alpha value is -1.69. The van der Waals surface area contributed by atoms with E-state index in [1.807, 2.05) is 42.5 Å². The minimum Gasteiger partial charge on any atom is -0.487 e. The van der Waals surface area contributed by atoms with Crippen LogP contribution in [0.1, 0.15) is 22.8 Å². The molecule has 0 aliphatic rings. The lowest BCUT2D eigenvalue weighted by atomic mass is 10.1. The van der Waals surface area contributed by atoms with E-state index in [1.165, 1.54) is 6.21 Å². The first-order valence-corrected chi connectivity index (χ1v) is 11.4. The van der Waals surface area contributed by atoms with E-state index in [0.717, 1.165) is 24.0 Å². The Morgan fingerprint density at radius 3 is 2.37 bits per heavy atom. The summed E-state index contributed by atoms with van der Waals surface area (Å²) in [6.07, 6.45) is 0.260. The Morgan fingerprint density at radius 2 is 1.73 bits per heavy atom. The van der Waals surface area contributed by atoms with Gasteiger partial charge in [-0.25, -0.2) is 5.43 Å². The van der Waals surface area contributed by atoms with Crippen LogP contribution < -0.4 is 10.2 Å². The predicted molar refractivity (Wildman–Crippen MR) is 135 cm³/mol. The summed E-state index contributed by atoms with van der Waals surface area (Å²) in [5, 5.41) is 14.7. The lowest BCUT2D eigenvalue weighted by molar-refractivity contribution is -0.129. The first-order valence-electron chi connectivity index (χ1n) is 8.86. The molecular weight excluding hydrogens is 630 g/mol. The lowest BCUT2D eigenvalue weighted by Gasteiger charge is -2.12. The predicted octanol–water partition coefficient (Wildman–Crippen LogP) is 5.31. The summed E-state index contributed by atoms with van der Waals surface area (Å²) in [5.74, 6) is 0.191. The largest absolute Gasteiger partial charge is 0.487 e. The zero-order valence-corrected chi connectivity index (χ0v) is 20.6. The van der Waals surface area contributed by atoms with E-state index in [0.29, 0.717) is 17.2 Å². The van der Waals surface area contributed by atoms with Gasteiger partial charge in [-0.3, -0.25) is 4.79 Å². The summed E-state index contributed by atoms with van der Waals surface area (Å²) in [5.41, 5.74) is 4.71. The van der Waals surface area contributed by atoms with E-state index in [1.54, 1.807) is 24.3 Å². The van der Waals surface area contributed by atoms with Crippen molar-refractivity contribution in [1.29, 1.82) is 0 Å². The average Bonchev–Trinajstić information content (AvgIpc) is 2.74. The van der Waals surface area contributed by atoms with Crippen molar-refractivity contribution in [2.45, 2.75) is 12.7 Å². The van der Waals surface area contributed by atoms with Crippen LogP contribution in [0, 0.1) is 7.14 Å². The van der Waals surface area contributed by atoms with Gasteiger partial charge in [0.2, 0.25) is 0 Å². The number of halogens is 3. The number of carbonyl (C=O) groups excluding carboxylic acids is 1. The minimum atomic E-state index is -1.27. The topological polar surface area (TPSA) is 70.9 Å². The summed E-state index contributed by atoms with van der Waals surface area (Å²) in [4.78, 5) is 12.1. The number of amides is 1. The van der Waals surface area contributed by atoms with Crippen LogP contribution in [-0.4, -0.2) is 17.2 Å². The summed E-state index contributed by atoms with van der Waals surface area (Å²) in [6, 6.07) is 20.0. The van der Waals surface area contributed by atoms with Crippen molar-refractivity contribution in [3.05, 3.63) is 95.6 Å². The van der Waals surface area contributed by atoms with Crippen LogP contribution in [0.3, 0.4) is 0 Å². The Labute approximate surface area is 206 Å². The highest BCUT2D eigenvalue weighted by molar-refractivity contribution is 14.1. The third-order valence-corrected chi connectivity index (χ3v) is 5.92. The molecule has 2 N–H and O–H groups in total. The SMILES string of the molecule is O=C(N/N=C\c1cc(I)c(OCc2ccc(Cl)cc2)c(I)c1)[C@@H](O)c1ccccc1. The second-order valence-electron chi connectivity index (χ2n) is 6.28. The number of benzene rings is 3. The van der Waals surface area contributed by atoms with Gasteiger partial charge >= 0.3 is 0 Å². The van der Waals surface area contributed by atoms with Gasteiger partial charge in [-0.1, -0.05) is 54.1 Å². The van der Waals surface area contributed by atoms with Crippen LogP contribution in [0.2, 0.25) is 5.02 Å². The molecule has 30 heavy (non-hydrogen) atoms. The third-order valence-electron chi connectivity index (χ3n) is 4.07. The average molecular weight is 647 g/mol. The van der Waals surface area contributed by atoms with E-state index in [4.69, 9.17) is 16.3 Å². The Bertz CT molecular complexity index is 1020. The lowest BCUT2D eigenvalue weighted by Crippen LogP contribution is -2.25. The van der Waals surface area contributed by atoms with E-state index in [9.17, 15) is 9.90 Å². The van der Waals surface area contributed by atoms with Gasteiger partial charge in [0, 0.05) is 5.02 Å². The van der Waals surface area contributed by atoms with Crippen molar-refractivity contribution >= 4 is 68.9 Å². The Morgan fingerprint density at radius 1 is 1.10 bits per heavy atom. The van der Waals surface area contributed by atoms with Crippen molar-refractivity contribution < 1.29 is 14.6 Å². The van der Waals surface area contributed by atoms with Crippen LogP contribution in [0.15, 0.2) is 71.8 Å². The minimum absolute atomic E-state index is 0.435. The number of aliphatic hydroxyl groups is 1. The maximum absolute atomic E-state index is 12.1. The fourth-order valence-electron chi connectivity index (χ4n) is 2.55. The highest BCUT2D eigenvalue weighted by atomic mass is 127. The van der Waals surface area contributed by atoms with Gasteiger partial charge in [0.25, 0.3) is 5.91 Å². The Balaban J connectivity index is 1.61. The molecule has 0 unspecified atom stereocenters. The maximum atomic E-state index is 12.1. The molecule has 3 aromatic carbocycles. The van der Waals surface area contributed by atoms with Gasteiger partial charge in [0.15, 0.2) is 6.10 Å². The normalized spacial score (nSPS) is 12.0.